The number of thiophene rings is 1. The number of anilines is 1. The van der Waals surface area contributed by atoms with Gasteiger partial charge in [0.15, 0.2) is 5.82 Å². The van der Waals surface area contributed by atoms with Gasteiger partial charge in [-0.25, -0.2) is 4.39 Å². The zero-order valence-electron chi connectivity index (χ0n) is 9.69. The number of nitrogens with zero attached hydrogens (tertiary/aromatic N) is 1. The Labute approximate surface area is 104 Å². The summed E-state index contributed by atoms with van der Waals surface area (Å²) in [4.78, 5) is 3.35. The monoisotopic (exact) mass is 250 g/mol. The minimum atomic E-state index is -0.300. The van der Waals surface area contributed by atoms with Crippen molar-refractivity contribution in [3.05, 3.63) is 52.0 Å². The minimum absolute atomic E-state index is 0.215. The lowest BCUT2D eigenvalue weighted by atomic mass is 10.1. The van der Waals surface area contributed by atoms with Crippen molar-refractivity contribution in [1.82, 2.24) is 4.90 Å². The van der Waals surface area contributed by atoms with Crippen molar-refractivity contribution >= 4 is 17.0 Å². The van der Waals surface area contributed by atoms with Crippen LogP contribution in [0.3, 0.4) is 0 Å². The number of halogens is 1. The molecular weight excluding hydrogens is 235 g/mol. The standard InChI is InChI=1S/C13H15FN2S/c1-16(9-11-5-3-7-17-11)8-10-4-2-6-12(15)13(10)14/h2-7H,8-9,15H2,1H3. The highest BCUT2D eigenvalue weighted by atomic mass is 32.1. The third kappa shape index (κ3) is 3.05. The molecule has 90 valence electrons. The first-order valence-corrected chi connectivity index (χ1v) is 6.28. The molecule has 0 aliphatic carbocycles. The van der Waals surface area contributed by atoms with Gasteiger partial charge in [-0.1, -0.05) is 18.2 Å². The molecule has 2 rings (SSSR count). The highest BCUT2D eigenvalue weighted by Gasteiger charge is 2.08. The Morgan fingerprint density at radius 3 is 2.76 bits per heavy atom. The Bertz CT molecular complexity index is 482. The number of rotatable bonds is 4. The normalized spacial score (nSPS) is 11.0. The Hall–Kier alpha value is -1.39. The number of benzene rings is 1. The summed E-state index contributed by atoms with van der Waals surface area (Å²) in [6.07, 6.45) is 0. The highest BCUT2D eigenvalue weighted by molar-refractivity contribution is 7.09. The van der Waals surface area contributed by atoms with Gasteiger partial charge in [-0.2, -0.15) is 0 Å². The van der Waals surface area contributed by atoms with Gasteiger partial charge in [0.25, 0.3) is 0 Å². The predicted octanol–water partition coefficient (Wildman–Crippen LogP) is 3.10. The molecule has 0 unspecified atom stereocenters. The summed E-state index contributed by atoms with van der Waals surface area (Å²) in [7, 11) is 1.97. The van der Waals surface area contributed by atoms with E-state index < -0.39 is 0 Å². The molecule has 1 heterocycles. The van der Waals surface area contributed by atoms with Crippen molar-refractivity contribution in [3.8, 4) is 0 Å². The Morgan fingerprint density at radius 1 is 1.24 bits per heavy atom. The second-order valence-electron chi connectivity index (χ2n) is 4.07. The summed E-state index contributed by atoms with van der Waals surface area (Å²) >= 11 is 1.71. The van der Waals surface area contributed by atoms with Gasteiger partial charge >= 0.3 is 0 Å². The van der Waals surface area contributed by atoms with E-state index in [0.29, 0.717) is 12.1 Å². The van der Waals surface area contributed by atoms with Crippen LogP contribution in [0, 0.1) is 5.82 Å². The van der Waals surface area contributed by atoms with E-state index in [-0.39, 0.29) is 11.5 Å². The van der Waals surface area contributed by atoms with Gasteiger partial charge in [0.05, 0.1) is 5.69 Å². The van der Waals surface area contributed by atoms with Crippen LogP contribution in [0.2, 0.25) is 0 Å². The van der Waals surface area contributed by atoms with Gasteiger partial charge in [-0.3, -0.25) is 4.90 Å². The van der Waals surface area contributed by atoms with E-state index in [1.807, 2.05) is 18.5 Å². The first-order chi connectivity index (χ1) is 8.16. The molecular formula is C13H15FN2S. The van der Waals surface area contributed by atoms with Crippen molar-refractivity contribution in [2.75, 3.05) is 12.8 Å². The first kappa shape index (κ1) is 12.1. The molecule has 0 atom stereocenters. The van der Waals surface area contributed by atoms with E-state index in [2.05, 4.69) is 11.0 Å². The maximum absolute atomic E-state index is 13.7. The fourth-order valence-corrected chi connectivity index (χ4v) is 2.52. The van der Waals surface area contributed by atoms with Gasteiger partial charge in [0, 0.05) is 23.5 Å². The lowest BCUT2D eigenvalue weighted by Crippen LogP contribution is -2.17. The van der Waals surface area contributed by atoms with Gasteiger partial charge in [-0.05, 0) is 24.6 Å². The Morgan fingerprint density at radius 2 is 2.06 bits per heavy atom. The zero-order chi connectivity index (χ0) is 12.3. The number of nitrogens with two attached hydrogens (primary N) is 1. The van der Waals surface area contributed by atoms with Crippen LogP contribution in [0.25, 0.3) is 0 Å². The van der Waals surface area contributed by atoms with Crippen LogP contribution in [0.5, 0.6) is 0 Å². The van der Waals surface area contributed by atoms with Crippen molar-refractivity contribution in [2.24, 2.45) is 0 Å². The number of hydrogen-bond donors (Lipinski definition) is 1. The van der Waals surface area contributed by atoms with Crippen LogP contribution in [0.15, 0.2) is 35.7 Å². The third-order valence-electron chi connectivity index (χ3n) is 2.55. The molecule has 0 aliphatic rings. The summed E-state index contributed by atoms with van der Waals surface area (Å²) in [6.45, 7) is 1.39. The quantitative estimate of drug-likeness (QED) is 0.845. The lowest BCUT2D eigenvalue weighted by Gasteiger charge is -2.16. The van der Waals surface area contributed by atoms with E-state index in [0.717, 1.165) is 6.54 Å². The van der Waals surface area contributed by atoms with Crippen molar-refractivity contribution in [3.63, 3.8) is 0 Å². The molecule has 0 amide bonds. The SMILES string of the molecule is CN(Cc1cccs1)Cc1cccc(N)c1F. The molecule has 0 saturated carbocycles. The van der Waals surface area contributed by atoms with E-state index in [4.69, 9.17) is 5.73 Å². The third-order valence-corrected chi connectivity index (χ3v) is 3.42. The van der Waals surface area contributed by atoms with Gasteiger partial charge in [0.2, 0.25) is 0 Å². The van der Waals surface area contributed by atoms with E-state index in [1.54, 1.807) is 29.5 Å². The topological polar surface area (TPSA) is 29.3 Å². The van der Waals surface area contributed by atoms with Crippen LogP contribution in [-0.2, 0) is 13.1 Å². The molecule has 0 aliphatic heterocycles. The van der Waals surface area contributed by atoms with E-state index in [1.165, 1.54) is 4.88 Å². The molecule has 1 aromatic heterocycles. The molecule has 0 fully saturated rings. The summed E-state index contributed by atoms with van der Waals surface area (Å²) in [5.74, 6) is -0.300. The summed E-state index contributed by atoms with van der Waals surface area (Å²) in [6, 6.07) is 9.24. The van der Waals surface area contributed by atoms with Crippen LogP contribution < -0.4 is 5.73 Å². The maximum atomic E-state index is 13.7. The molecule has 0 spiro atoms. The average Bonchev–Trinajstić information content (AvgIpc) is 2.77. The second-order valence-corrected chi connectivity index (χ2v) is 5.10. The van der Waals surface area contributed by atoms with Gasteiger partial charge in [0.1, 0.15) is 0 Å². The van der Waals surface area contributed by atoms with Crippen LogP contribution in [0.4, 0.5) is 10.1 Å². The molecule has 17 heavy (non-hydrogen) atoms. The Balaban J connectivity index is 2.03. The summed E-state index contributed by atoms with van der Waals surface area (Å²) in [5.41, 5.74) is 6.40. The van der Waals surface area contributed by atoms with Gasteiger partial charge < -0.3 is 5.73 Å². The molecule has 2 N–H and O–H groups in total. The van der Waals surface area contributed by atoms with Gasteiger partial charge in [-0.15, -0.1) is 11.3 Å². The molecule has 1 aromatic carbocycles. The molecule has 0 radical (unpaired) electrons. The predicted molar refractivity (Wildman–Crippen MR) is 70.3 cm³/mol. The minimum Gasteiger partial charge on any atom is -0.396 e. The summed E-state index contributed by atoms with van der Waals surface area (Å²) in [5, 5.41) is 2.05. The lowest BCUT2D eigenvalue weighted by molar-refractivity contribution is 0.316. The van der Waals surface area contributed by atoms with Crippen LogP contribution in [-0.4, -0.2) is 11.9 Å². The highest BCUT2D eigenvalue weighted by Crippen LogP contribution is 2.18. The fourth-order valence-electron chi connectivity index (χ4n) is 1.74. The number of nitrogen functional groups attached to an aromatic ring is 1. The molecule has 2 nitrogen and oxygen atoms in total. The molecule has 0 saturated heterocycles. The largest absolute Gasteiger partial charge is 0.396 e. The maximum Gasteiger partial charge on any atom is 0.150 e. The Kier molecular flexibility index (Phi) is 3.76. The molecule has 4 heteroatoms. The van der Waals surface area contributed by atoms with Crippen molar-refractivity contribution in [1.29, 1.82) is 0 Å². The molecule has 0 bridgehead atoms. The average molecular weight is 250 g/mol. The van der Waals surface area contributed by atoms with Crippen molar-refractivity contribution in [2.45, 2.75) is 13.1 Å². The van der Waals surface area contributed by atoms with Crippen LogP contribution >= 0.6 is 11.3 Å². The van der Waals surface area contributed by atoms with Crippen molar-refractivity contribution < 1.29 is 4.39 Å². The molecule has 2 aromatic rings. The van der Waals surface area contributed by atoms with Crippen LogP contribution in [0.1, 0.15) is 10.4 Å². The number of hydrogen-bond acceptors (Lipinski definition) is 3. The zero-order valence-corrected chi connectivity index (χ0v) is 10.5. The second kappa shape index (κ2) is 5.29. The smallest absolute Gasteiger partial charge is 0.150 e. The summed E-state index contributed by atoms with van der Waals surface area (Å²) < 4.78 is 13.7. The van der Waals surface area contributed by atoms with E-state index in [9.17, 15) is 4.39 Å². The van der Waals surface area contributed by atoms with E-state index >= 15 is 0 Å². The first-order valence-electron chi connectivity index (χ1n) is 5.40. The fraction of sp³-hybridized carbons (Fsp3) is 0.231.